The molecule has 1 amide bonds. The lowest BCUT2D eigenvalue weighted by Crippen LogP contribution is -2.48. The van der Waals surface area contributed by atoms with Crippen LogP contribution in [0.25, 0.3) is 0 Å². The van der Waals surface area contributed by atoms with E-state index in [9.17, 15) is 14.4 Å². The second-order valence-corrected chi connectivity index (χ2v) is 8.83. The molecule has 4 rings (SSSR count). The van der Waals surface area contributed by atoms with E-state index in [4.69, 9.17) is 4.74 Å². The van der Waals surface area contributed by atoms with Gasteiger partial charge in [-0.1, -0.05) is 30.3 Å². The summed E-state index contributed by atoms with van der Waals surface area (Å²) in [5, 5.41) is 4.37. The zero-order valence-electron chi connectivity index (χ0n) is 19.2. The van der Waals surface area contributed by atoms with Crippen molar-refractivity contribution in [2.75, 3.05) is 37.7 Å². The third-order valence-electron chi connectivity index (χ3n) is 6.59. The first kappa shape index (κ1) is 23.0. The number of piperidine rings is 2. The van der Waals surface area contributed by atoms with Crippen molar-refractivity contribution < 1.29 is 14.3 Å². The van der Waals surface area contributed by atoms with Gasteiger partial charge in [0, 0.05) is 32.2 Å². The quantitative estimate of drug-likeness (QED) is 0.626. The summed E-state index contributed by atoms with van der Waals surface area (Å²) in [4.78, 5) is 41.8. The Balaban J connectivity index is 1.35. The number of anilines is 1. The van der Waals surface area contributed by atoms with Crippen LogP contribution in [0.15, 0.2) is 47.4 Å². The molecule has 0 spiro atoms. The number of hydrogen-bond donors (Lipinski definition) is 0. The fourth-order valence-corrected chi connectivity index (χ4v) is 4.74. The van der Waals surface area contributed by atoms with E-state index in [-0.39, 0.29) is 29.3 Å². The molecule has 2 fully saturated rings. The zero-order valence-corrected chi connectivity index (χ0v) is 19.2. The van der Waals surface area contributed by atoms with E-state index in [2.05, 4.69) is 10.00 Å². The summed E-state index contributed by atoms with van der Waals surface area (Å²) in [6.45, 7) is 5.21. The van der Waals surface area contributed by atoms with Gasteiger partial charge in [-0.3, -0.25) is 14.4 Å². The summed E-state index contributed by atoms with van der Waals surface area (Å²) in [7, 11) is 0. The van der Waals surface area contributed by atoms with Gasteiger partial charge in [0.2, 0.25) is 5.91 Å². The van der Waals surface area contributed by atoms with Crippen molar-refractivity contribution in [3.8, 4) is 0 Å². The summed E-state index contributed by atoms with van der Waals surface area (Å²) in [5.41, 5.74) is 1.64. The Morgan fingerprint density at radius 3 is 2.52 bits per heavy atom. The van der Waals surface area contributed by atoms with E-state index >= 15 is 0 Å². The SMILES string of the molecule is CCOC(=O)C1CCN(C(=O)C2CCCN(c3cnn(Cc4ccccc4)c(=O)c3)C2)CC1. The Hall–Kier alpha value is -3.16. The van der Waals surface area contributed by atoms with Crippen molar-refractivity contribution in [2.24, 2.45) is 11.8 Å². The number of amides is 1. The molecule has 3 heterocycles. The third kappa shape index (κ3) is 5.61. The van der Waals surface area contributed by atoms with Crippen LogP contribution in [0.2, 0.25) is 0 Å². The number of esters is 1. The topological polar surface area (TPSA) is 84.7 Å². The summed E-state index contributed by atoms with van der Waals surface area (Å²) >= 11 is 0. The molecule has 0 bridgehead atoms. The molecule has 0 saturated carbocycles. The minimum Gasteiger partial charge on any atom is -0.466 e. The minimum absolute atomic E-state index is 0.106. The molecule has 2 aliphatic heterocycles. The molecule has 1 atom stereocenters. The Morgan fingerprint density at radius 2 is 1.82 bits per heavy atom. The second kappa shape index (κ2) is 10.6. The molecule has 2 saturated heterocycles. The maximum Gasteiger partial charge on any atom is 0.309 e. The number of hydrogen-bond acceptors (Lipinski definition) is 6. The van der Waals surface area contributed by atoms with Gasteiger partial charge in [0.05, 0.1) is 36.9 Å². The third-order valence-corrected chi connectivity index (χ3v) is 6.59. The van der Waals surface area contributed by atoms with Crippen molar-refractivity contribution >= 4 is 17.6 Å². The maximum absolute atomic E-state index is 13.2. The number of carbonyl (C=O) groups excluding carboxylic acids is 2. The summed E-state index contributed by atoms with van der Waals surface area (Å²) in [5.74, 6) is -0.217. The first-order valence-electron chi connectivity index (χ1n) is 11.9. The van der Waals surface area contributed by atoms with E-state index in [1.54, 1.807) is 12.3 Å². The summed E-state index contributed by atoms with van der Waals surface area (Å²) in [6.07, 6.45) is 4.77. The Bertz CT molecular complexity index is 1010. The molecular formula is C25H32N4O4. The van der Waals surface area contributed by atoms with Crippen molar-refractivity contribution in [2.45, 2.75) is 39.2 Å². The number of ether oxygens (including phenoxy) is 1. The van der Waals surface area contributed by atoms with Gasteiger partial charge in [0.15, 0.2) is 0 Å². The molecule has 0 N–H and O–H groups in total. The molecule has 176 valence electrons. The first-order chi connectivity index (χ1) is 16.0. The van der Waals surface area contributed by atoms with E-state index in [1.165, 1.54) is 4.68 Å². The van der Waals surface area contributed by atoms with Crippen LogP contribution in [0.4, 0.5) is 5.69 Å². The largest absolute Gasteiger partial charge is 0.466 e. The van der Waals surface area contributed by atoms with Gasteiger partial charge in [-0.2, -0.15) is 5.10 Å². The van der Waals surface area contributed by atoms with Gasteiger partial charge in [-0.25, -0.2) is 4.68 Å². The van der Waals surface area contributed by atoms with Crippen LogP contribution >= 0.6 is 0 Å². The van der Waals surface area contributed by atoms with Crippen molar-refractivity contribution in [1.29, 1.82) is 0 Å². The van der Waals surface area contributed by atoms with Crippen LogP contribution in [0, 0.1) is 11.8 Å². The van der Waals surface area contributed by atoms with Crippen LogP contribution in [0.5, 0.6) is 0 Å². The normalized spacial score (nSPS) is 19.4. The molecular weight excluding hydrogens is 420 g/mol. The highest BCUT2D eigenvalue weighted by molar-refractivity contribution is 5.80. The minimum atomic E-state index is -0.150. The molecule has 1 aromatic carbocycles. The average molecular weight is 453 g/mol. The van der Waals surface area contributed by atoms with E-state index in [1.807, 2.05) is 42.2 Å². The van der Waals surface area contributed by atoms with Gasteiger partial charge in [0.1, 0.15) is 0 Å². The number of rotatable bonds is 6. The molecule has 1 aromatic heterocycles. The highest BCUT2D eigenvalue weighted by atomic mass is 16.5. The lowest BCUT2D eigenvalue weighted by Gasteiger charge is -2.38. The molecule has 2 aliphatic rings. The van der Waals surface area contributed by atoms with Crippen LogP contribution in [0.1, 0.15) is 38.2 Å². The van der Waals surface area contributed by atoms with Crippen LogP contribution < -0.4 is 10.5 Å². The van der Waals surface area contributed by atoms with Gasteiger partial charge < -0.3 is 14.5 Å². The number of aromatic nitrogens is 2. The number of likely N-dealkylation sites (tertiary alicyclic amines) is 1. The number of carbonyl (C=O) groups is 2. The van der Waals surface area contributed by atoms with Gasteiger partial charge in [-0.15, -0.1) is 0 Å². The standard InChI is InChI=1S/C25H32N4O4/c1-2-33-25(32)20-10-13-27(14-11-20)24(31)21-9-6-12-28(18-21)22-15-23(30)29(26-16-22)17-19-7-4-3-5-8-19/h3-5,7-8,15-16,20-21H,2,6,9-14,17-18H2,1H3. The van der Waals surface area contributed by atoms with Gasteiger partial charge >= 0.3 is 5.97 Å². The van der Waals surface area contributed by atoms with Crippen molar-refractivity contribution in [3.05, 3.63) is 58.5 Å². The lowest BCUT2D eigenvalue weighted by molar-refractivity contribution is -0.151. The predicted octanol–water partition coefficient (Wildman–Crippen LogP) is 2.31. The van der Waals surface area contributed by atoms with Crippen LogP contribution in [-0.4, -0.2) is 59.3 Å². The molecule has 2 aromatic rings. The molecule has 0 aliphatic carbocycles. The Labute approximate surface area is 194 Å². The molecule has 0 radical (unpaired) electrons. The van der Waals surface area contributed by atoms with E-state index in [0.29, 0.717) is 45.6 Å². The molecule has 8 nitrogen and oxygen atoms in total. The van der Waals surface area contributed by atoms with Crippen molar-refractivity contribution in [1.82, 2.24) is 14.7 Å². The second-order valence-electron chi connectivity index (χ2n) is 8.83. The Morgan fingerprint density at radius 1 is 1.06 bits per heavy atom. The van der Waals surface area contributed by atoms with Crippen LogP contribution in [0.3, 0.4) is 0 Å². The number of nitrogens with zero attached hydrogens (tertiary/aromatic N) is 4. The Kier molecular flexibility index (Phi) is 7.42. The molecule has 1 unspecified atom stereocenters. The fraction of sp³-hybridized carbons (Fsp3) is 0.520. The molecule has 8 heteroatoms. The van der Waals surface area contributed by atoms with Crippen LogP contribution in [-0.2, 0) is 20.9 Å². The highest BCUT2D eigenvalue weighted by Gasteiger charge is 2.33. The fourth-order valence-electron chi connectivity index (χ4n) is 4.74. The van der Waals surface area contributed by atoms with E-state index in [0.717, 1.165) is 30.6 Å². The van der Waals surface area contributed by atoms with Gasteiger partial charge in [0.25, 0.3) is 5.56 Å². The average Bonchev–Trinajstić information content (AvgIpc) is 2.86. The maximum atomic E-state index is 13.2. The summed E-state index contributed by atoms with van der Waals surface area (Å²) in [6, 6.07) is 11.4. The molecule has 33 heavy (non-hydrogen) atoms. The monoisotopic (exact) mass is 452 g/mol. The smallest absolute Gasteiger partial charge is 0.309 e. The lowest BCUT2D eigenvalue weighted by atomic mass is 9.92. The highest BCUT2D eigenvalue weighted by Crippen LogP contribution is 2.26. The number of benzene rings is 1. The predicted molar refractivity (Wildman–Crippen MR) is 125 cm³/mol. The summed E-state index contributed by atoms with van der Waals surface area (Å²) < 4.78 is 6.58. The van der Waals surface area contributed by atoms with Crippen molar-refractivity contribution in [3.63, 3.8) is 0 Å². The van der Waals surface area contributed by atoms with E-state index < -0.39 is 0 Å². The first-order valence-corrected chi connectivity index (χ1v) is 11.9. The van der Waals surface area contributed by atoms with Gasteiger partial charge in [-0.05, 0) is 38.2 Å². The zero-order chi connectivity index (χ0) is 23.2.